The van der Waals surface area contributed by atoms with Gasteiger partial charge in [0.2, 0.25) is 5.91 Å². The monoisotopic (exact) mass is 733 g/mol. The number of hydrogen-bond donors (Lipinski definition) is 3. The number of ether oxygens (including phenoxy) is 1. The molecule has 0 fully saturated rings. The summed E-state index contributed by atoms with van der Waals surface area (Å²) in [6.07, 6.45) is 3.66. The predicted molar refractivity (Wildman–Crippen MR) is 202 cm³/mol. The fourth-order valence-corrected chi connectivity index (χ4v) is 6.07. The molecule has 0 saturated carbocycles. The minimum absolute atomic E-state index is 0.0811. The Bertz CT molecular complexity index is 1880. The van der Waals surface area contributed by atoms with Crippen molar-refractivity contribution in [2.75, 3.05) is 17.2 Å². The van der Waals surface area contributed by atoms with Crippen LogP contribution in [0, 0.1) is 0 Å². The molecule has 49 heavy (non-hydrogen) atoms. The Kier molecular flexibility index (Phi) is 12.8. The lowest BCUT2D eigenvalue weighted by Crippen LogP contribution is -2.30. The summed E-state index contributed by atoms with van der Waals surface area (Å²) in [7, 11) is 0. The highest BCUT2D eigenvalue weighted by Crippen LogP contribution is 2.37. The highest BCUT2D eigenvalue weighted by Gasteiger charge is 2.23. The van der Waals surface area contributed by atoms with Crippen LogP contribution in [0.25, 0.3) is 6.08 Å². The lowest BCUT2D eigenvalue weighted by atomic mass is 10.1. The molecule has 5 aromatic rings. The van der Waals surface area contributed by atoms with Gasteiger partial charge in [-0.25, -0.2) is 0 Å². The van der Waals surface area contributed by atoms with Crippen molar-refractivity contribution in [3.8, 4) is 5.75 Å². The van der Waals surface area contributed by atoms with Crippen molar-refractivity contribution >= 4 is 62.9 Å². The molecule has 0 radical (unpaired) electrons. The number of carbonyl (C=O) groups is 3. The molecule has 248 valence electrons. The Hall–Kier alpha value is -5.12. The number of hydrogen-bond acceptors (Lipinski definition) is 5. The maximum atomic E-state index is 13.7. The average molecular weight is 735 g/mol. The summed E-state index contributed by atoms with van der Waals surface area (Å²) in [5.74, 6) is -0.324. The van der Waals surface area contributed by atoms with Gasteiger partial charge in [-0.15, -0.1) is 11.8 Å². The largest absolute Gasteiger partial charge is 0.494 e. The highest BCUT2D eigenvalue weighted by molar-refractivity contribution is 9.10. The van der Waals surface area contributed by atoms with Gasteiger partial charge in [-0.3, -0.25) is 14.4 Å². The number of nitrogens with one attached hydrogen (secondary N) is 3. The van der Waals surface area contributed by atoms with Gasteiger partial charge in [-0.1, -0.05) is 96.0 Å². The fraction of sp³-hybridized carbons (Fsp3) is 0.125. The number of thioether (sulfide) groups is 1. The zero-order chi connectivity index (χ0) is 34.4. The molecule has 0 spiro atoms. The van der Waals surface area contributed by atoms with Gasteiger partial charge in [0.15, 0.2) is 0 Å². The average Bonchev–Trinajstić information content (AvgIpc) is 3.13. The minimum atomic E-state index is -0.578. The molecule has 3 amide bonds. The van der Waals surface area contributed by atoms with Crippen LogP contribution in [-0.4, -0.2) is 24.3 Å². The molecule has 0 aliphatic heterocycles. The smallest absolute Gasteiger partial charge is 0.272 e. The van der Waals surface area contributed by atoms with Crippen LogP contribution in [0.5, 0.6) is 5.75 Å². The quantitative estimate of drug-likeness (QED) is 0.0600. The molecular weight excluding hydrogens is 698 g/mol. The number of benzene rings is 5. The first-order valence-corrected chi connectivity index (χ1v) is 17.6. The predicted octanol–water partition coefficient (Wildman–Crippen LogP) is 9.51. The zero-order valence-corrected chi connectivity index (χ0v) is 29.3. The van der Waals surface area contributed by atoms with Crippen LogP contribution in [0.4, 0.5) is 11.4 Å². The van der Waals surface area contributed by atoms with Crippen molar-refractivity contribution < 1.29 is 19.1 Å². The standard InChI is InChI=1S/C40H36BrN3O4S/c1-2-3-25-48-34-23-21-32(22-24-34)42-40(47)37(29-11-6-4-7-12-29)49-35-16-10-15-33(27-35)43-39(46)36(26-28-17-19-31(41)20-18-28)44-38(45)30-13-8-5-9-14-30/h4-24,26-27,37H,2-3,25H2,1H3,(H,42,47)(H,43,46)(H,44,45)/b36-26-. The second-order valence-corrected chi connectivity index (χ2v) is 13.1. The van der Waals surface area contributed by atoms with Gasteiger partial charge >= 0.3 is 0 Å². The Morgan fingerprint density at radius 2 is 1.47 bits per heavy atom. The Balaban J connectivity index is 1.33. The van der Waals surface area contributed by atoms with Crippen LogP contribution in [-0.2, 0) is 9.59 Å². The van der Waals surface area contributed by atoms with E-state index < -0.39 is 17.1 Å². The topological polar surface area (TPSA) is 96.5 Å². The van der Waals surface area contributed by atoms with Gasteiger partial charge in [0.05, 0.1) is 6.61 Å². The van der Waals surface area contributed by atoms with E-state index in [1.165, 1.54) is 11.8 Å². The van der Waals surface area contributed by atoms with Crippen molar-refractivity contribution in [1.82, 2.24) is 5.32 Å². The van der Waals surface area contributed by atoms with Gasteiger partial charge in [0, 0.05) is 26.3 Å². The lowest BCUT2D eigenvalue weighted by molar-refractivity contribution is -0.116. The molecule has 1 atom stereocenters. The molecule has 1 unspecified atom stereocenters. The normalized spacial score (nSPS) is 11.7. The van der Waals surface area contributed by atoms with E-state index in [2.05, 4.69) is 38.8 Å². The first-order chi connectivity index (χ1) is 23.9. The molecular formula is C40H36BrN3O4S. The summed E-state index contributed by atoms with van der Waals surface area (Å²) < 4.78 is 6.65. The minimum Gasteiger partial charge on any atom is -0.494 e. The number of carbonyl (C=O) groups excluding carboxylic acids is 3. The Morgan fingerprint density at radius 3 is 2.16 bits per heavy atom. The molecule has 9 heteroatoms. The van der Waals surface area contributed by atoms with Crippen molar-refractivity contribution in [3.63, 3.8) is 0 Å². The Labute approximate surface area is 299 Å². The van der Waals surface area contributed by atoms with Gasteiger partial charge in [-0.05, 0) is 90.4 Å². The first kappa shape index (κ1) is 35.2. The second-order valence-electron chi connectivity index (χ2n) is 11.0. The second kappa shape index (κ2) is 17.9. The zero-order valence-electron chi connectivity index (χ0n) is 26.9. The third kappa shape index (κ3) is 10.7. The molecule has 5 aromatic carbocycles. The number of halogens is 1. The van der Waals surface area contributed by atoms with Crippen molar-refractivity contribution in [3.05, 3.63) is 160 Å². The van der Waals surface area contributed by atoms with E-state index in [0.29, 0.717) is 23.5 Å². The molecule has 7 nitrogen and oxygen atoms in total. The first-order valence-electron chi connectivity index (χ1n) is 15.9. The molecule has 0 aliphatic rings. The summed E-state index contributed by atoms with van der Waals surface area (Å²) in [5, 5.41) is 8.15. The summed E-state index contributed by atoms with van der Waals surface area (Å²) in [6.45, 7) is 2.77. The lowest BCUT2D eigenvalue weighted by Gasteiger charge is -2.18. The van der Waals surface area contributed by atoms with Crippen LogP contribution in [0.1, 0.15) is 46.5 Å². The van der Waals surface area contributed by atoms with E-state index in [1.54, 1.807) is 36.4 Å². The van der Waals surface area contributed by atoms with Crippen LogP contribution in [0.3, 0.4) is 0 Å². The number of amides is 3. The molecule has 0 saturated heterocycles. The molecule has 0 aromatic heterocycles. The van der Waals surface area contributed by atoms with E-state index in [1.807, 2.05) is 103 Å². The molecule has 0 aliphatic carbocycles. The third-order valence-electron chi connectivity index (χ3n) is 7.28. The summed E-state index contributed by atoms with van der Waals surface area (Å²) in [4.78, 5) is 41.1. The molecule has 0 heterocycles. The summed E-state index contributed by atoms with van der Waals surface area (Å²) in [6, 6.07) is 40.3. The summed E-state index contributed by atoms with van der Waals surface area (Å²) in [5.41, 5.74) is 3.26. The molecule has 0 bridgehead atoms. The van der Waals surface area contributed by atoms with Gasteiger partial charge in [-0.2, -0.15) is 0 Å². The van der Waals surface area contributed by atoms with Gasteiger partial charge in [0.25, 0.3) is 11.8 Å². The number of anilines is 2. The van der Waals surface area contributed by atoms with Crippen LogP contribution >= 0.6 is 27.7 Å². The maximum Gasteiger partial charge on any atom is 0.272 e. The van der Waals surface area contributed by atoms with E-state index in [4.69, 9.17) is 4.74 Å². The Morgan fingerprint density at radius 1 is 0.776 bits per heavy atom. The van der Waals surface area contributed by atoms with Crippen LogP contribution in [0.15, 0.2) is 149 Å². The highest BCUT2D eigenvalue weighted by atomic mass is 79.9. The van der Waals surface area contributed by atoms with E-state index in [0.717, 1.165) is 39.1 Å². The van der Waals surface area contributed by atoms with E-state index in [-0.39, 0.29) is 11.6 Å². The fourth-order valence-electron chi connectivity index (χ4n) is 4.73. The van der Waals surface area contributed by atoms with E-state index >= 15 is 0 Å². The molecule has 5 rings (SSSR count). The summed E-state index contributed by atoms with van der Waals surface area (Å²) >= 11 is 4.80. The van der Waals surface area contributed by atoms with Crippen molar-refractivity contribution in [1.29, 1.82) is 0 Å². The number of unbranched alkanes of at least 4 members (excludes halogenated alkanes) is 1. The van der Waals surface area contributed by atoms with Gasteiger partial charge < -0.3 is 20.7 Å². The maximum absolute atomic E-state index is 13.7. The van der Waals surface area contributed by atoms with Crippen LogP contribution in [0.2, 0.25) is 0 Å². The third-order valence-corrected chi connectivity index (χ3v) is 9.06. The number of rotatable bonds is 14. The van der Waals surface area contributed by atoms with E-state index in [9.17, 15) is 14.4 Å². The molecule has 3 N–H and O–H groups in total. The van der Waals surface area contributed by atoms with Gasteiger partial charge in [0.1, 0.15) is 16.7 Å². The van der Waals surface area contributed by atoms with Crippen molar-refractivity contribution in [2.24, 2.45) is 0 Å². The van der Waals surface area contributed by atoms with Crippen LogP contribution < -0.4 is 20.7 Å². The SMILES string of the molecule is CCCCOc1ccc(NC(=O)C(Sc2cccc(NC(=O)/C(=C/c3ccc(Br)cc3)NC(=O)c3ccccc3)c2)c2ccccc2)cc1. The van der Waals surface area contributed by atoms with Crippen molar-refractivity contribution in [2.45, 2.75) is 29.9 Å².